The Morgan fingerprint density at radius 1 is 1.47 bits per heavy atom. The van der Waals surface area contributed by atoms with Gasteiger partial charge in [0.2, 0.25) is 5.91 Å². The molecule has 1 saturated heterocycles. The number of carboxylic acid groups (broad SMARTS) is 1. The minimum Gasteiger partial charge on any atom is -0.480 e. The van der Waals surface area contributed by atoms with E-state index in [1.165, 1.54) is 4.90 Å². The monoisotopic (exact) mass is 272 g/mol. The highest BCUT2D eigenvalue weighted by Gasteiger charge is 2.42. The van der Waals surface area contributed by atoms with E-state index in [0.717, 1.165) is 32.2 Å². The Labute approximate surface area is 114 Å². The Kier molecular flexibility index (Phi) is 6.24. The van der Waals surface area contributed by atoms with Crippen molar-refractivity contribution < 1.29 is 19.4 Å². The van der Waals surface area contributed by atoms with Gasteiger partial charge in [0.25, 0.3) is 0 Å². The molecule has 1 aliphatic rings. The van der Waals surface area contributed by atoms with Gasteiger partial charge in [0.05, 0.1) is 12.1 Å². The van der Waals surface area contributed by atoms with Gasteiger partial charge in [-0.2, -0.15) is 0 Å². The molecule has 6 nitrogen and oxygen atoms in total. The van der Waals surface area contributed by atoms with Crippen molar-refractivity contribution in [1.82, 2.24) is 10.2 Å². The number of nitrogens with one attached hydrogen (secondary N) is 1. The predicted octanol–water partition coefficient (Wildman–Crippen LogP) is 0.468. The number of carbonyl (C=O) groups is 2. The summed E-state index contributed by atoms with van der Waals surface area (Å²) in [4.78, 5) is 24.9. The number of methoxy groups -OCH3 is 1. The molecule has 6 heteroatoms. The lowest BCUT2D eigenvalue weighted by molar-refractivity contribution is -0.148. The molecule has 1 atom stereocenters. The fourth-order valence-corrected chi connectivity index (χ4v) is 2.66. The fourth-order valence-electron chi connectivity index (χ4n) is 2.66. The first-order valence-electron chi connectivity index (χ1n) is 6.81. The average molecular weight is 272 g/mol. The molecule has 0 spiro atoms. The minimum atomic E-state index is -0.992. The number of ether oxygens (including phenoxy) is 1. The molecule has 1 fully saturated rings. The molecule has 1 rings (SSSR count). The number of carbonyl (C=O) groups excluding carboxylic acids is 1. The molecule has 0 aliphatic carbocycles. The van der Waals surface area contributed by atoms with Crippen molar-refractivity contribution in [2.75, 3.05) is 33.4 Å². The van der Waals surface area contributed by atoms with Crippen LogP contribution in [0, 0.1) is 0 Å². The van der Waals surface area contributed by atoms with Crippen molar-refractivity contribution in [2.45, 2.75) is 38.1 Å². The zero-order chi connectivity index (χ0) is 14.3. The molecule has 0 aromatic rings. The van der Waals surface area contributed by atoms with Crippen LogP contribution in [0.4, 0.5) is 0 Å². The average Bonchev–Trinajstić information content (AvgIpc) is 2.83. The van der Waals surface area contributed by atoms with E-state index in [2.05, 4.69) is 5.32 Å². The molecule has 0 bridgehead atoms. The molecule has 1 heterocycles. The fraction of sp³-hybridized carbons (Fsp3) is 0.846. The topological polar surface area (TPSA) is 78.9 Å². The lowest BCUT2D eigenvalue weighted by atomic mass is 9.90. The van der Waals surface area contributed by atoms with Crippen LogP contribution < -0.4 is 5.32 Å². The lowest BCUT2D eigenvalue weighted by Gasteiger charge is -2.33. The molecule has 2 N–H and O–H groups in total. The van der Waals surface area contributed by atoms with Gasteiger partial charge in [-0.25, -0.2) is 0 Å². The van der Waals surface area contributed by atoms with Crippen molar-refractivity contribution in [1.29, 1.82) is 0 Å². The second kappa shape index (κ2) is 7.45. The van der Waals surface area contributed by atoms with E-state index in [1.54, 1.807) is 7.11 Å². The first-order chi connectivity index (χ1) is 9.05. The maximum atomic E-state index is 12.6. The van der Waals surface area contributed by atoms with Gasteiger partial charge < -0.3 is 20.1 Å². The molecule has 19 heavy (non-hydrogen) atoms. The van der Waals surface area contributed by atoms with Crippen LogP contribution in [0.1, 0.15) is 32.6 Å². The first-order valence-corrected chi connectivity index (χ1v) is 6.81. The molecule has 0 aromatic heterocycles. The number of rotatable bonds is 8. The molecule has 0 aromatic carbocycles. The van der Waals surface area contributed by atoms with Gasteiger partial charge in [0.15, 0.2) is 0 Å². The summed E-state index contributed by atoms with van der Waals surface area (Å²) in [5, 5.41) is 12.2. The third-order valence-electron chi connectivity index (χ3n) is 3.51. The molecule has 1 unspecified atom stereocenters. The maximum Gasteiger partial charge on any atom is 0.323 e. The summed E-state index contributed by atoms with van der Waals surface area (Å²) in [6.45, 7) is 3.24. The van der Waals surface area contributed by atoms with E-state index in [1.807, 2.05) is 6.92 Å². The van der Waals surface area contributed by atoms with Crippen molar-refractivity contribution >= 4 is 11.9 Å². The summed E-state index contributed by atoms with van der Waals surface area (Å²) in [7, 11) is 1.54. The zero-order valence-corrected chi connectivity index (χ0v) is 11.8. The highest BCUT2D eigenvalue weighted by Crippen LogP contribution is 2.27. The molecule has 0 saturated carbocycles. The van der Waals surface area contributed by atoms with Crippen LogP contribution in [0.15, 0.2) is 0 Å². The third kappa shape index (κ3) is 4.18. The summed E-state index contributed by atoms with van der Waals surface area (Å²) in [6, 6.07) is 0. The summed E-state index contributed by atoms with van der Waals surface area (Å²) in [6.07, 6.45) is 3.37. The number of hydrogen-bond donors (Lipinski definition) is 2. The molecule has 1 amide bonds. The van der Waals surface area contributed by atoms with E-state index in [-0.39, 0.29) is 12.5 Å². The van der Waals surface area contributed by atoms with Crippen molar-refractivity contribution in [3.05, 3.63) is 0 Å². The van der Waals surface area contributed by atoms with Crippen molar-refractivity contribution in [3.63, 3.8) is 0 Å². The van der Waals surface area contributed by atoms with E-state index in [4.69, 9.17) is 9.84 Å². The van der Waals surface area contributed by atoms with Crippen LogP contribution >= 0.6 is 0 Å². The number of hydrogen-bond acceptors (Lipinski definition) is 4. The van der Waals surface area contributed by atoms with Crippen molar-refractivity contribution in [2.24, 2.45) is 0 Å². The lowest BCUT2D eigenvalue weighted by Crippen LogP contribution is -2.56. The predicted molar refractivity (Wildman–Crippen MR) is 71.0 cm³/mol. The molecule has 110 valence electrons. The highest BCUT2D eigenvalue weighted by atomic mass is 16.5. The van der Waals surface area contributed by atoms with Gasteiger partial charge in [0.1, 0.15) is 6.54 Å². The van der Waals surface area contributed by atoms with Gasteiger partial charge in [-0.3, -0.25) is 9.59 Å². The Hall–Kier alpha value is -1.14. The van der Waals surface area contributed by atoms with Gasteiger partial charge >= 0.3 is 5.97 Å². The van der Waals surface area contributed by atoms with E-state index in [0.29, 0.717) is 13.2 Å². The van der Waals surface area contributed by atoms with Gasteiger partial charge in [-0.05, 0) is 25.8 Å². The number of aliphatic carboxylic acids is 1. The summed E-state index contributed by atoms with van der Waals surface area (Å²) in [5.41, 5.74) is -0.571. The second-order valence-corrected chi connectivity index (χ2v) is 4.98. The quantitative estimate of drug-likeness (QED) is 0.671. The number of amides is 1. The van der Waals surface area contributed by atoms with Crippen molar-refractivity contribution in [3.8, 4) is 0 Å². The summed E-state index contributed by atoms with van der Waals surface area (Å²) >= 11 is 0. The van der Waals surface area contributed by atoms with Crippen LogP contribution in [0.5, 0.6) is 0 Å². The molecule has 0 radical (unpaired) electrons. The van der Waals surface area contributed by atoms with Gasteiger partial charge in [-0.15, -0.1) is 0 Å². The number of nitrogens with zero attached hydrogens (tertiary/aromatic N) is 1. The van der Waals surface area contributed by atoms with Crippen LogP contribution in [-0.4, -0.2) is 60.8 Å². The van der Waals surface area contributed by atoms with Gasteiger partial charge in [0, 0.05) is 13.7 Å². The van der Waals surface area contributed by atoms with E-state index >= 15 is 0 Å². The van der Waals surface area contributed by atoms with Crippen LogP contribution in [0.25, 0.3) is 0 Å². The Bertz CT molecular complexity index is 314. The third-order valence-corrected chi connectivity index (χ3v) is 3.51. The zero-order valence-electron chi connectivity index (χ0n) is 11.8. The van der Waals surface area contributed by atoms with Crippen LogP contribution in [-0.2, 0) is 14.3 Å². The largest absolute Gasteiger partial charge is 0.480 e. The summed E-state index contributed by atoms with van der Waals surface area (Å²) in [5.74, 6) is -1.10. The Balaban J connectivity index is 2.79. The molecular formula is C13H24N2O4. The van der Waals surface area contributed by atoms with E-state index < -0.39 is 11.5 Å². The number of carboxylic acids is 1. The standard InChI is InChI=1S/C13H24N2O4/c1-3-5-13(6-4-7-14-13)12(18)15(8-9-19-2)10-11(16)17/h14H,3-10H2,1-2H3,(H,16,17). The molecule has 1 aliphatic heterocycles. The normalized spacial score (nSPS) is 22.4. The first kappa shape index (κ1) is 15.9. The van der Waals surface area contributed by atoms with Gasteiger partial charge in [-0.1, -0.05) is 13.3 Å². The second-order valence-electron chi connectivity index (χ2n) is 4.98. The maximum absolute atomic E-state index is 12.6. The minimum absolute atomic E-state index is 0.105. The smallest absolute Gasteiger partial charge is 0.323 e. The Morgan fingerprint density at radius 2 is 2.21 bits per heavy atom. The van der Waals surface area contributed by atoms with Crippen LogP contribution in [0.2, 0.25) is 0 Å². The van der Waals surface area contributed by atoms with E-state index in [9.17, 15) is 9.59 Å². The SMILES string of the molecule is CCCC1(C(=O)N(CCOC)CC(=O)O)CCCN1. The van der Waals surface area contributed by atoms with Crippen LogP contribution in [0.3, 0.4) is 0 Å². The molecular weight excluding hydrogens is 248 g/mol. The highest BCUT2D eigenvalue weighted by molar-refractivity contribution is 5.89. The summed E-state index contributed by atoms with van der Waals surface area (Å²) < 4.78 is 4.95. The Morgan fingerprint density at radius 3 is 2.68 bits per heavy atom.